The highest BCUT2D eigenvalue weighted by Gasteiger charge is 2.31. The number of esters is 1. The summed E-state index contributed by atoms with van der Waals surface area (Å²) in [4.78, 5) is 34.5. The summed E-state index contributed by atoms with van der Waals surface area (Å²) >= 11 is 6.49. The number of methoxy groups -OCH3 is 1. The molecule has 0 spiro atoms. The molecule has 1 amide bonds. The molecule has 2 heterocycles. The minimum Gasteiger partial charge on any atom is -0.465 e. The van der Waals surface area contributed by atoms with Gasteiger partial charge in [0.05, 0.1) is 23.9 Å². The second-order valence-electron chi connectivity index (χ2n) is 8.32. The molecule has 0 radical (unpaired) electrons. The van der Waals surface area contributed by atoms with Crippen LogP contribution in [-0.2, 0) is 9.53 Å². The highest BCUT2D eigenvalue weighted by atomic mass is 35.5. The van der Waals surface area contributed by atoms with Crippen molar-refractivity contribution in [2.75, 3.05) is 17.7 Å². The van der Waals surface area contributed by atoms with Crippen LogP contribution < -0.4 is 16.0 Å². The minimum absolute atomic E-state index is 0.0853. The maximum Gasteiger partial charge on any atom is 0.337 e. The summed E-state index contributed by atoms with van der Waals surface area (Å²) in [6, 6.07) is 17.2. The molecule has 5 rings (SSSR count). The van der Waals surface area contributed by atoms with E-state index in [1.165, 1.54) is 19.2 Å². The zero-order valence-corrected chi connectivity index (χ0v) is 21.0. The first-order valence-corrected chi connectivity index (χ1v) is 11.8. The van der Waals surface area contributed by atoms with Crippen LogP contribution in [0.1, 0.15) is 28.9 Å². The van der Waals surface area contributed by atoms with Crippen molar-refractivity contribution in [2.45, 2.75) is 13.0 Å². The molecule has 3 N–H and O–H groups in total. The van der Waals surface area contributed by atoms with E-state index >= 15 is 0 Å². The number of oxazole rings is 1. The fraction of sp³-hybridized carbons (Fsp3) is 0.111. The van der Waals surface area contributed by atoms with E-state index in [0.717, 1.165) is 6.07 Å². The molecule has 1 aliphatic rings. The number of hydrogen-bond donors (Lipinski definition) is 3. The molecule has 11 heteroatoms. The smallest absolute Gasteiger partial charge is 0.337 e. The molecule has 0 bridgehead atoms. The average Bonchev–Trinajstić information content (AvgIpc) is 3.31. The molecule has 1 atom stereocenters. The van der Waals surface area contributed by atoms with Crippen molar-refractivity contribution in [3.05, 3.63) is 100.0 Å². The van der Waals surface area contributed by atoms with Gasteiger partial charge in [-0.05, 0) is 43.3 Å². The molecule has 38 heavy (non-hydrogen) atoms. The van der Waals surface area contributed by atoms with Gasteiger partial charge in [-0.25, -0.2) is 14.2 Å². The molecule has 1 aromatic heterocycles. The summed E-state index contributed by atoms with van der Waals surface area (Å²) in [5.41, 5.74) is 2.35. The molecule has 0 saturated carbocycles. The van der Waals surface area contributed by atoms with Crippen LogP contribution in [0.5, 0.6) is 0 Å². The molecule has 0 fully saturated rings. The molecule has 0 saturated heterocycles. The van der Waals surface area contributed by atoms with Crippen molar-refractivity contribution in [3.8, 4) is 0 Å². The number of ether oxygens (including phenoxy) is 1. The third-order valence-corrected chi connectivity index (χ3v) is 6.19. The lowest BCUT2D eigenvalue weighted by Gasteiger charge is -2.27. The van der Waals surface area contributed by atoms with Crippen molar-refractivity contribution in [3.63, 3.8) is 0 Å². The largest absolute Gasteiger partial charge is 0.465 e. The summed E-state index contributed by atoms with van der Waals surface area (Å²) in [5, 5.41) is 8.99. The first-order valence-electron chi connectivity index (χ1n) is 11.5. The van der Waals surface area contributed by atoms with Crippen LogP contribution in [-0.4, -0.2) is 29.9 Å². The van der Waals surface area contributed by atoms with E-state index in [-0.39, 0.29) is 28.8 Å². The minimum atomic E-state index is -0.858. The van der Waals surface area contributed by atoms with E-state index in [2.05, 4.69) is 25.9 Å². The molecular formula is C27H21ClFN5O4. The lowest BCUT2D eigenvalue weighted by atomic mass is 9.95. The monoisotopic (exact) mass is 533 g/mol. The van der Waals surface area contributed by atoms with Gasteiger partial charge >= 0.3 is 12.0 Å². The number of allylic oxidation sites excluding steroid dienone is 1. The fourth-order valence-electron chi connectivity index (χ4n) is 4.04. The average molecular weight is 534 g/mol. The van der Waals surface area contributed by atoms with Gasteiger partial charge in [-0.15, -0.1) is 0 Å². The summed E-state index contributed by atoms with van der Waals surface area (Å²) < 4.78 is 25.0. The third-order valence-electron chi connectivity index (χ3n) is 5.84. The van der Waals surface area contributed by atoms with Gasteiger partial charge in [0.15, 0.2) is 5.58 Å². The Hall–Kier alpha value is -4.70. The zero-order valence-electron chi connectivity index (χ0n) is 20.2. The van der Waals surface area contributed by atoms with Crippen LogP contribution >= 0.6 is 11.6 Å². The summed E-state index contributed by atoms with van der Waals surface area (Å²) in [6.45, 7) is 1.68. The van der Waals surface area contributed by atoms with Gasteiger partial charge in [0, 0.05) is 16.3 Å². The van der Waals surface area contributed by atoms with Gasteiger partial charge in [0.2, 0.25) is 5.96 Å². The number of nitrogens with one attached hydrogen (secondary N) is 3. The lowest BCUT2D eigenvalue weighted by molar-refractivity contribution is -0.113. The number of benzene rings is 3. The highest BCUT2D eigenvalue weighted by molar-refractivity contribution is 6.31. The van der Waals surface area contributed by atoms with Crippen molar-refractivity contribution < 1.29 is 23.1 Å². The molecule has 1 unspecified atom stereocenters. The van der Waals surface area contributed by atoms with Gasteiger partial charge in [-0.1, -0.05) is 41.9 Å². The number of carbonyl (C=O) groups is 2. The normalized spacial score (nSPS) is 15.1. The number of rotatable bonds is 5. The molecule has 1 aliphatic heterocycles. The lowest BCUT2D eigenvalue weighted by Crippen LogP contribution is -2.37. The number of fused-ring (bicyclic) bond motifs is 1. The number of halogens is 2. The number of amides is 1. The van der Waals surface area contributed by atoms with Gasteiger partial charge < -0.3 is 19.8 Å². The third kappa shape index (κ3) is 4.94. The molecule has 4 aromatic rings. The van der Waals surface area contributed by atoms with Crippen LogP contribution in [0.3, 0.4) is 0 Å². The highest BCUT2D eigenvalue weighted by Crippen LogP contribution is 2.35. The summed E-state index contributed by atoms with van der Waals surface area (Å²) in [6.07, 6.45) is 0. The zero-order chi connectivity index (χ0) is 26.8. The van der Waals surface area contributed by atoms with Crippen molar-refractivity contribution >= 4 is 52.2 Å². The van der Waals surface area contributed by atoms with Gasteiger partial charge in [0.25, 0.3) is 5.91 Å². The Morgan fingerprint density at radius 3 is 2.63 bits per heavy atom. The SMILES string of the molecule is COC(=O)c1ccc(F)c(NC(=O)C2=C(C)NC(Nc3nc4ccccc4o3)=NC2c2ccccc2Cl)c1. The molecule has 0 aliphatic carbocycles. The van der Waals surface area contributed by atoms with Gasteiger partial charge in [-0.3, -0.25) is 10.1 Å². The van der Waals surface area contributed by atoms with E-state index in [1.54, 1.807) is 37.3 Å². The number of hydrogen-bond acceptors (Lipinski definition) is 8. The molecule has 192 valence electrons. The number of anilines is 2. The van der Waals surface area contributed by atoms with Crippen molar-refractivity contribution in [1.29, 1.82) is 0 Å². The quantitative estimate of drug-likeness (QED) is 0.293. The van der Waals surface area contributed by atoms with Gasteiger partial charge in [-0.2, -0.15) is 4.98 Å². The Kier molecular flexibility index (Phi) is 6.80. The van der Waals surface area contributed by atoms with Crippen LogP contribution in [0.15, 0.2) is 87.4 Å². The summed E-state index contributed by atoms with van der Waals surface area (Å²) in [5.74, 6) is -1.74. The topological polar surface area (TPSA) is 118 Å². The van der Waals surface area contributed by atoms with E-state index in [4.69, 9.17) is 20.8 Å². The molecule has 9 nitrogen and oxygen atoms in total. The summed E-state index contributed by atoms with van der Waals surface area (Å²) in [7, 11) is 1.21. The number of para-hydroxylation sites is 2. The first-order chi connectivity index (χ1) is 18.3. The van der Waals surface area contributed by atoms with Crippen molar-refractivity contribution in [2.24, 2.45) is 4.99 Å². The van der Waals surface area contributed by atoms with E-state index in [1.807, 2.05) is 18.2 Å². The van der Waals surface area contributed by atoms with Crippen molar-refractivity contribution in [1.82, 2.24) is 10.3 Å². The van der Waals surface area contributed by atoms with Crippen LogP contribution in [0.4, 0.5) is 16.1 Å². The van der Waals surface area contributed by atoms with Crippen LogP contribution in [0.25, 0.3) is 11.1 Å². The number of guanidine groups is 1. The maximum absolute atomic E-state index is 14.6. The number of aromatic nitrogens is 1. The second-order valence-corrected chi connectivity index (χ2v) is 8.72. The van der Waals surface area contributed by atoms with Crippen LogP contribution in [0, 0.1) is 5.82 Å². The fourth-order valence-corrected chi connectivity index (χ4v) is 4.28. The predicted molar refractivity (Wildman–Crippen MR) is 141 cm³/mol. The maximum atomic E-state index is 14.6. The number of carbonyl (C=O) groups excluding carboxylic acids is 2. The van der Waals surface area contributed by atoms with Crippen LogP contribution in [0.2, 0.25) is 5.02 Å². The number of nitrogens with zero attached hydrogens (tertiary/aromatic N) is 2. The Morgan fingerprint density at radius 1 is 1.11 bits per heavy atom. The Balaban J connectivity index is 1.49. The van der Waals surface area contributed by atoms with E-state index < -0.39 is 23.7 Å². The van der Waals surface area contributed by atoms with E-state index in [9.17, 15) is 14.0 Å². The molecule has 3 aromatic carbocycles. The first kappa shape index (κ1) is 25.0. The Morgan fingerprint density at radius 2 is 1.87 bits per heavy atom. The Labute approximate surface area is 221 Å². The Bertz CT molecular complexity index is 1600. The van der Waals surface area contributed by atoms with E-state index in [0.29, 0.717) is 27.4 Å². The standard InChI is InChI=1S/C27H21ClFN5O4/c1-14-22(24(35)31-20-13-15(25(36)37-2)11-12-18(20)29)23(16-7-3-4-8-17(16)28)33-26(30-14)34-27-32-19-9-5-6-10-21(19)38-27/h3-13,23H,1-2H3,(H,31,35)(H2,30,32,33,34). The predicted octanol–water partition coefficient (Wildman–Crippen LogP) is 5.43. The number of aliphatic imine (C=N–C) groups is 1. The van der Waals surface area contributed by atoms with Gasteiger partial charge in [0.1, 0.15) is 17.4 Å². The molecular weight excluding hydrogens is 513 g/mol. The second kappa shape index (κ2) is 10.3.